The van der Waals surface area contributed by atoms with Gasteiger partial charge in [0.25, 0.3) is 0 Å². The smallest absolute Gasteiger partial charge is 0.238 e. The van der Waals surface area contributed by atoms with Gasteiger partial charge in [0.05, 0.1) is 38.7 Å². The lowest BCUT2D eigenvalue weighted by molar-refractivity contribution is -0.115. The van der Waals surface area contributed by atoms with Crippen LogP contribution in [0.15, 0.2) is 59.5 Å². The van der Waals surface area contributed by atoms with Crippen molar-refractivity contribution in [3.8, 4) is 17.6 Å². The predicted octanol–water partition coefficient (Wildman–Crippen LogP) is 4.79. The van der Waals surface area contributed by atoms with E-state index in [1.54, 1.807) is 36.4 Å². The van der Waals surface area contributed by atoms with Crippen molar-refractivity contribution in [2.75, 3.05) is 5.32 Å². The van der Waals surface area contributed by atoms with Gasteiger partial charge in [-0.15, -0.1) is 0 Å². The first-order valence-electron chi connectivity index (χ1n) is 9.16. The van der Waals surface area contributed by atoms with Gasteiger partial charge in [-0.3, -0.25) is 4.79 Å². The van der Waals surface area contributed by atoms with E-state index in [4.69, 9.17) is 38.3 Å². The fourth-order valence-electron chi connectivity index (χ4n) is 2.84. The van der Waals surface area contributed by atoms with Gasteiger partial charge in [0.2, 0.25) is 15.9 Å². The molecule has 0 aliphatic rings. The molecule has 0 radical (unpaired) electrons. The number of nitrogens with zero attached hydrogens (tertiary/aromatic N) is 1. The molecule has 0 unspecified atom stereocenters. The van der Waals surface area contributed by atoms with Gasteiger partial charge in [-0.05, 0) is 66.6 Å². The average molecular weight is 490 g/mol. The van der Waals surface area contributed by atoms with Gasteiger partial charge in [-0.25, -0.2) is 13.6 Å². The molecule has 164 valence electrons. The van der Waals surface area contributed by atoms with Gasteiger partial charge in [-0.2, -0.15) is 5.26 Å². The Hall–Kier alpha value is -3.09. The van der Waals surface area contributed by atoms with E-state index in [0.29, 0.717) is 27.6 Å². The van der Waals surface area contributed by atoms with Gasteiger partial charge in [0, 0.05) is 0 Å². The fourth-order valence-corrected chi connectivity index (χ4v) is 3.92. The van der Waals surface area contributed by atoms with Crippen LogP contribution < -0.4 is 15.2 Å². The zero-order valence-corrected chi connectivity index (χ0v) is 19.1. The third-order valence-corrected chi connectivity index (χ3v) is 5.95. The first-order valence-corrected chi connectivity index (χ1v) is 11.5. The van der Waals surface area contributed by atoms with Crippen LogP contribution in [0.3, 0.4) is 0 Å². The standard InChI is InChI=1S/C22H17Cl2N3O4S/c1-13-8-15(12-25)3-6-20(13)31-21-7-2-14(9-18(21)24)10-22(28)27-19-5-4-16(11-17(19)23)32(26,29)30/h2-9,11H,10H2,1H3,(H,27,28)(H2,26,29,30). The minimum Gasteiger partial charge on any atom is -0.456 e. The first kappa shape index (κ1) is 23.6. The van der Waals surface area contributed by atoms with Crippen molar-refractivity contribution < 1.29 is 17.9 Å². The number of aryl methyl sites for hydroxylation is 1. The molecule has 1 amide bonds. The monoisotopic (exact) mass is 489 g/mol. The number of nitrogens with one attached hydrogen (secondary N) is 1. The number of carbonyl (C=O) groups is 1. The number of nitriles is 1. The molecule has 0 spiro atoms. The number of primary sulfonamides is 1. The van der Waals surface area contributed by atoms with Crippen molar-refractivity contribution in [3.05, 3.63) is 81.3 Å². The Morgan fingerprint density at radius 2 is 1.78 bits per heavy atom. The predicted molar refractivity (Wildman–Crippen MR) is 123 cm³/mol. The van der Waals surface area contributed by atoms with E-state index in [1.807, 2.05) is 6.92 Å². The van der Waals surface area contributed by atoms with Crippen LogP contribution >= 0.6 is 23.2 Å². The molecule has 7 nitrogen and oxygen atoms in total. The number of sulfonamides is 1. The van der Waals surface area contributed by atoms with E-state index in [0.717, 1.165) is 5.56 Å². The molecule has 0 heterocycles. The molecule has 0 atom stereocenters. The summed E-state index contributed by atoms with van der Waals surface area (Å²) >= 11 is 12.4. The van der Waals surface area contributed by atoms with Gasteiger partial charge in [0.15, 0.2) is 0 Å². The van der Waals surface area contributed by atoms with Crippen molar-refractivity contribution in [2.45, 2.75) is 18.2 Å². The summed E-state index contributed by atoms with van der Waals surface area (Å²) in [6.45, 7) is 1.82. The van der Waals surface area contributed by atoms with Crippen molar-refractivity contribution >= 4 is 44.8 Å². The van der Waals surface area contributed by atoms with Crippen LogP contribution in [0.25, 0.3) is 0 Å². The highest BCUT2D eigenvalue weighted by Gasteiger charge is 2.14. The molecule has 3 aromatic carbocycles. The van der Waals surface area contributed by atoms with E-state index in [2.05, 4.69) is 11.4 Å². The number of ether oxygens (including phenoxy) is 1. The molecule has 0 fully saturated rings. The van der Waals surface area contributed by atoms with E-state index < -0.39 is 10.0 Å². The number of hydrogen-bond donors (Lipinski definition) is 2. The van der Waals surface area contributed by atoms with Crippen molar-refractivity contribution in [2.24, 2.45) is 5.14 Å². The largest absolute Gasteiger partial charge is 0.456 e. The SMILES string of the molecule is Cc1cc(C#N)ccc1Oc1ccc(CC(=O)Nc2ccc(S(N)(=O)=O)cc2Cl)cc1Cl. The Morgan fingerprint density at radius 1 is 1.06 bits per heavy atom. The zero-order chi connectivity index (χ0) is 23.5. The minimum atomic E-state index is -3.89. The van der Waals surface area contributed by atoms with Crippen LogP contribution in [0, 0.1) is 18.3 Å². The summed E-state index contributed by atoms with van der Waals surface area (Å²) in [5, 5.41) is 17.0. The second kappa shape index (κ2) is 9.59. The van der Waals surface area contributed by atoms with Crippen molar-refractivity contribution in [3.63, 3.8) is 0 Å². The highest BCUT2D eigenvalue weighted by molar-refractivity contribution is 7.89. The third kappa shape index (κ3) is 5.78. The third-order valence-electron chi connectivity index (χ3n) is 4.43. The molecule has 0 saturated heterocycles. The Bertz CT molecular complexity index is 1350. The number of nitrogens with two attached hydrogens (primary N) is 1. The maximum atomic E-state index is 12.4. The molecule has 0 aromatic heterocycles. The molecule has 32 heavy (non-hydrogen) atoms. The van der Waals surface area contributed by atoms with Crippen LogP contribution in [-0.4, -0.2) is 14.3 Å². The number of carbonyl (C=O) groups excluding carboxylic acids is 1. The van der Waals surface area contributed by atoms with Gasteiger partial charge in [0.1, 0.15) is 11.5 Å². The van der Waals surface area contributed by atoms with Crippen LogP contribution in [-0.2, 0) is 21.2 Å². The Balaban J connectivity index is 1.69. The maximum Gasteiger partial charge on any atom is 0.238 e. The molecule has 0 aliphatic heterocycles. The van der Waals surface area contributed by atoms with Crippen LogP contribution in [0.2, 0.25) is 10.0 Å². The fraction of sp³-hybridized carbons (Fsp3) is 0.0909. The van der Waals surface area contributed by atoms with E-state index in [-0.39, 0.29) is 27.9 Å². The molecular weight excluding hydrogens is 473 g/mol. The quantitative estimate of drug-likeness (QED) is 0.514. The molecule has 3 aromatic rings. The lowest BCUT2D eigenvalue weighted by Gasteiger charge is -2.12. The number of amides is 1. The van der Waals surface area contributed by atoms with Gasteiger partial charge in [-0.1, -0.05) is 29.3 Å². The average Bonchev–Trinajstić information content (AvgIpc) is 2.72. The highest BCUT2D eigenvalue weighted by atomic mass is 35.5. The second-order valence-electron chi connectivity index (χ2n) is 6.87. The number of benzene rings is 3. The van der Waals surface area contributed by atoms with E-state index >= 15 is 0 Å². The Kier molecular flexibility index (Phi) is 7.06. The number of rotatable bonds is 6. The summed E-state index contributed by atoms with van der Waals surface area (Å²) in [7, 11) is -3.89. The number of anilines is 1. The van der Waals surface area contributed by atoms with Crippen LogP contribution in [0.4, 0.5) is 5.69 Å². The molecular formula is C22H17Cl2N3O4S. The summed E-state index contributed by atoms with van der Waals surface area (Å²) in [6.07, 6.45) is 0.00314. The van der Waals surface area contributed by atoms with Crippen molar-refractivity contribution in [1.29, 1.82) is 5.26 Å². The lowest BCUT2D eigenvalue weighted by atomic mass is 10.1. The van der Waals surface area contributed by atoms with E-state index in [1.165, 1.54) is 18.2 Å². The Morgan fingerprint density at radius 3 is 2.38 bits per heavy atom. The maximum absolute atomic E-state index is 12.4. The lowest BCUT2D eigenvalue weighted by Crippen LogP contribution is -2.16. The number of hydrogen-bond acceptors (Lipinski definition) is 5. The molecule has 10 heteroatoms. The Labute approximate surface area is 195 Å². The normalized spacial score (nSPS) is 11.0. The molecule has 0 saturated carbocycles. The molecule has 0 aliphatic carbocycles. The summed E-state index contributed by atoms with van der Waals surface area (Å²) < 4.78 is 28.6. The van der Waals surface area contributed by atoms with Gasteiger partial charge >= 0.3 is 0 Å². The summed E-state index contributed by atoms with van der Waals surface area (Å²) in [5.74, 6) is 0.599. The number of halogens is 2. The van der Waals surface area contributed by atoms with Gasteiger partial charge < -0.3 is 10.1 Å². The van der Waals surface area contributed by atoms with Crippen LogP contribution in [0.1, 0.15) is 16.7 Å². The highest BCUT2D eigenvalue weighted by Crippen LogP contribution is 2.32. The molecule has 3 N–H and O–H groups in total. The molecule has 0 bridgehead atoms. The first-order chi connectivity index (χ1) is 15.1. The minimum absolute atomic E-state index is 0.00314. The molecule has 3 rings (SSSR count). The van der Waals surface area contributed by atoms with Crippen molar-refractivity contribution in [1.82, 2.24) is 0 Å². The zero-order valence-electron chi connectivity index (χ0n) is 16.7. The topological polar surface area (TPSA) is 122 Å². The summed E-state index contributed by atoms with van der Waals surface area (Å²) in [5.41, 5.74) is 2.20. The van der Waals surface area contributed by atoms with Crippen LogP contribution in [0.5, 0.6) is 11.5 Å². The summed E-state index contributed by atoms with van der Waals surface area (Å²) in [4.78, 5) is 12.2. The summed E-state index contributed by atoms with van der Waals surface area (Å²) in [6, 6.07) is 15.9. The van der Waals surface area contributed by atoms with E-state index in [9.17, 15) is 13.2 Å². The second-order valence-corrected chi connectivity index (χ2v) is 9.25.